The van der Waals surface area contributed by atoms with Gasteiger partial charge in [-0.25, -0.2) is 4.79 Å². The van der Waals surface area contributed by atoms with E-state index in [0.29, 0.717) is 10.0 Å². The first-order valence-corrected chi connectivity index (χ1v) is 7.63. The summed E-state index contributed by atoms with van der Waals surface area (Å²) < 4.78 is 0. The zero-order valence-corrected chi connectivity index (χ0v) is 14.2. The molecule has 0 bridgehead atoms. The molecule has 0 fully saturated rings. The largest absolute Gasteiger partial charge is 0.329 e. The number of halogens is 2. The molecule has 1 N–H and O–H groups in total. The number of carbonyl (C=O) groups excluding carboxylic acids is 1. The van der Waals surface area contributed by atoms with Gasteiger partial charge in [-0.1, -0.05) is 47.5 Å². The highest BCUT2D eigenvalue weighted by Gasteiger charge is 2.27. The minimum absolute atomic E-state index is 0.206. The second-order valence-electron chi connectivity index (χ2n) is 5.57. The van der Waals surface area contributed by atoms with Crippen LogP contribution in [0.2, 0.25) is 10.0 Å². The lowest BCUT2D eigenvalue weighted by Gasteiger charge is -2.30. The molecule has 2 rings (SSSR count). The fraction of sp³-hybridized carbons (Fsp3) is 0.235. The third-order valence-electron chi connectivity index (χ3n) is 3.47. The van der Waals surface area contributed by atoms with E-state index in [0.717, 1.165) is 11.3 Å². The van der Waals surface area contributed by atoms with Crippen molar-refractivity contribution in [3.05, 3.63) is 64.1 Å². The van der Waals surface area contributed by atoms with E-state index in [1.807, 2.05) is 50.2 Å². The number of hydrogen-bond donors (Lipinski definition) is 1. The Bertz CT molecular complexity index is 672. The van der Waals surface area contributed by atoms with Gasteiger partial charge in [-0.05, 0) is 43.7 Å². The quantitative estimate of drug-likeness (QED) is 0.833. The highest BCUT2D eigenvalue weighted by Crippen LogP contribution is 2.30. The first kappa shape index (κ1) is 16.7. The summed E-state index contributed by atoms with van der Waals surface area (Å²) in [5.41, 5.74) is 1.01. The molecule has 116 valence electrons. The fourth-order valence-corrected chi connectivity index (χ4v) is 2.83. The molecule has 0 aliphatic carbocycles. The van der Waals surface area contributed by atoms with Gasteiger partial charge in [0.1, 0.15) is 0 Å². The molecule has 2 aromatic carbocycles. The van der Waals surface area contributed by atoms with Gasteiger partial charge in [0.25, 0.3) is 0 Å². The number of para-hydroxylation sites is 1. The zero-order chi connectivity index (χ0) is 16.3. The summed E-state index contributed by atoms with van der Waals surface area (Å²) in [7, 11) is 1.73. The molecule has 0 aliphatic heterocycles. The van der Waals surface area contributed by atoms with Crippen molar-refractivity contribution in [3.8, 4) is 0 Å². The van der Waals surface area contributed by atoms with Crippen LogP contribution in [0.5, 0.6) is 0 Å². The predicted molar refractivity (Wildman–Crippen MR) is 92.9 cm³/mol. The fourth-order valence-electron chi connectivity index (χ4n) is 2.18. The van der Waals surface area contributed by atoms with Gasteiger partial charge in [0.2, 0.25) is 0 Å². The van der Waals surface area contributed by atoms with Gasteiger partial charge in [0, 0.05) is 22.8 Å². The third-order valence-corrected chi connectivity index (χ3v) is 4.02. The first-order chi connectivity index (χ1) is 10.3. The second kappa shape index (κ2) is 6.59. The van der Waals surface area contributed by atoms with Crippen LogP contribution in [0.25, 0.3) is 0 Å². The molecule has 3 nitrogen and oxygen atoms in total. The van der Waals surface area contributed by atoms with Gasteiger partial charge in [-0.2, -0.15) is 0 Å². The monoisotopic (exact) mass is 336 g/mol. The van der Waals surface area contributed by atoms with E-state index in [2.05, 4.69) is 5.32 Å². The molecule has 2 amide bonds. The molecular weight excluding hydrogens is 319 g/mol. The molecule has 0 saturated heterocycles. The van der Waals surface area contributed by atoms with Crippen molar-refractivity contribution >= 4 is 34.9 Å². The van der Waals surface area contributed by atoms with Gasteiger partial charge in [0.15, 0.2) is 0 Å². The molecule has 2 aromatic rings. The normalized spacial score (nSPS) is 11.1. The number of carbonyl (C=O) groups is 1. The Hall–Kier alpha value is -1.71. The van der Waals surface area contributed by atoms with Crippen molar-refractivity contribution in [1.82, 2.24) is 5.32 Å². The van der Waals surface area contributed by atoms with Crippen LogP contribution in [-0.2, 0) is 5.54 Å². The van der Waals surface area contributed by atoms with Crippen LogP contribution in [0.15, 0.2) is 48.5 Å². The van der Waals surface area contributed by atoms with Crippen LogP contribution in [0, 0.1) is 0 Å². The van der Waals surface area contributed by atoms with Crippen molar-refractivity contribution < 1.29 is 4.79 Å². The molecule has 0 heterocycles. The molecule has 5 heteroatoms. The van der Waals surface area contributed by atoms with Crippen LogP contribution in [0.4, 0.5) is 10.5 Å². The molecule has 0 radical (unpaired) electrons. The van der Waals surface area contributed by atoms with Crippen LogP contribution in [-0.4, -0.2) is 13.1 Å². The molecule has 0 spiro atoms. The van der Waals surface area contributed by atoms with E-state index in [1.165, 1.54) is 0 Å². The van der Waals surface area contributed by atoms with Gasteiger partial charge in [-0.15, -0.1) is 0 Å². The minimum Gasteiger partial charge on any atom is -0.329 e. The number of amides is 2. The summed E-state index contributed by atoms with van der Waals surface area (Å²) in [5.74, 6) is 0. The Balaban J connectivity index is 2.19. The Morgan fingerprint density at radius 1 is 1.09 bits per heavy atom. The highest BCUT2D eigenvalue weighted by molar-refractivity contribution is 6.35. The van der Waals surface area contributed by atoms with E-state index in [4.69, 9.17) is 23.2 Å². The average molecular weight is 337 g/mol. The Morgan fingerprint density at radius 3 is 2.32 bits per heavy atom. The summed E-state index contributed by atoms with van der Waals surface area (Å²) >= 11 is 12.2. The van der Waals surface area contributed by atoms with E-state index in [1.54, 1.807) is 24.1 Å². The highest BCUT2D eigenvalue weighted by atomic mass is 35.5. The van der Waals surface area contributed by atoms with Crippen LogP contribution in [0.1, 0.15) is 19.4 Å². The van der Waals surface area contributed by atoms with Crippen LogP contribution >= 0.6 is 23.2 Å². The van der Waals surface area contributed by atoms with E-state index in [9.17, 15) is 4.79 Å². The number of hydrogen-bond acceptors (Lipinski definition) is 1. The summed E-state index contributed by atoms with van der Waals surface area (Å²) in [4.78, 5) is 14.0. The van der Waals surface area contributed by atoms with Gasteiger partial charge in [-0.3, -0.25) is 4.90 Å². The van der Waals surface area contributed by atoms with Gasteiger partial charge < -0.3 is 5.32 Å². The van der Waals surface area contributed by atoms with E-state index >= 15 is 0 Å². The smallest absolute Gasteiger partial charge is 0.322 e. The molecule has 0 unspecified atom stereocenters. The van der Waals surface area contributed by atoms with E-state index in [-0.39, 0.29) is 6.03 Å². The number of urea groups is 1. The van der Waals surface area contributed by atoms with Crippen molar-refractivity contribution in [2.45, 2.75) is 19.4 Å². The number of nitrogens with zero attached hydrogens (tertiary/aromatic N) is 1. The summed E-state index contributed by atoms with van der Waals surface area (Å²) in [6.45, 7) is 3.80. The minimum atomic E-state index is -0.623. The van der Waals surface area contributed by atoms with Crippen LogP contribution < -0.4 is 10.2 Å². The molecule has 0 saturated carbocycles. The van der Waals surface area contributed by atoms with Crippen LogP contribution in [0.3, 0.4) is 0 Å². The van der Waals surface area contributed by atoms with Crippen molar-refractivity contribution in [2.75, 3.05) is 11.9 Å². The first-order valence-electron chi connectivity index (χ1n) is 6.88. The summed E-state index contributed by atoms with van der Waals surface area (Å²) in [6.07, 6.45) is 0. The molecule has 0 aromatic heterocycles. The maximum atomic E-state index is 12.5. The zero-order valence-electron chi connectivity index (χ0n) is 12.7. The van der Waals surface area contributed by atoms with Gasteiger partial charge in [0.05, 0.1) is 5.54 Å². The number of rotatable bonds is 3. The third kappa shape index (κ3) is 3.73. The summed E-state index contributed by atoms with van der Waals surface area (Å²) in [6, 6.07) is 14.5. The lowest BCUT2D eigenvalue weighted by atomic mass is 9.94. The topological polar surface area (TPSA) is 32.3 Å². The maximum absolute atomic E-state index is 12.5. The number of nitrogens with one attached hydrogen (secondary N) is 1. The molecule has 0 atom stereocenters. The molecular formula is C17H18Cl2N2O. The Kier molecular flexibility index (Phi) is 4.99. The molecule has 0 aliphatic rings. The standard InChI is InChI=1S/C17H18Cl2N2O/c1-17(2,14-10-9-12(18)11-15(14)19)20-16(22)21(3)13-7-5-4-6-8-13/h4-11H,1-3H3,(H,20,22). The van der Waals surface area contributed by atoms with Gasteiger partial charge >= 0.3 is 6.03 Å². The number of benzene rings is 2. The van der Waals surface area contributed by atoms with Crippen molar-refractivity contribution in [1.29, 1.82) is 0 Å². The summed E-state index contributed by atoms with van der Waals surface area (Å²) in [5, 5.41) is 4.09. The van der Waals surface area contributed by atoms with E-state index < -0.39 is 5.54 Å². The Morgan fingerprint density at radius 2 is 1.73 bits per heavy atom. The predicted octanol–water partition coefficient (Wildman–Crippen LogP) is 5.07. The number of anilines is 1. The Labute approximate surface area is 140 Å². The lowest BCUT2D eigenvalue weighted by molar-refractivity contribution is 0.237. The van der Waals surface area contributed by atoms with Crippen molar-refractivity contribution in [2.24, 2.45) is 0 Å². The average Bonchev–Trinajstić information content (AvgIpc) is 2.46. The maximum Gasteiger partial charge on any atom is 0.322 e. The van der Waals surface area contributed by atoms with Crippen molar-refractivity contribution in [3.63, 3.8) is 0 Å². The molecule has 22 heavy (non-hydrogen) atoms. The lowest BCUT2D eigenvalue weighted by Crippen LogP contribution is -2.47. The SMILES string of the molecule is CN(C(=O)NC(C)(C)c1ccc(Cl)cc1Cl)c1ccccc1. The second-order valence-corrected chi connectivity index (χ2v) is 6.42.